The van der Waals surface area contributed by atoms with Crippen LogP contribution in [0.5, 0.6) is 0 Å². The molecule has 0 saturated heterocycles. The van der Waals surface area contributed by atoms with Gasteiger partial charge in [0.2, 0.25) is 0 Å². The Balaban J connectivity index is 1.45. The molecule has 32 heavy (non-hydrogen) atoms. The summed E-state index contributed by atoms with van der Waals surface area (Å²) in [4.78, 5) is 12.9. The Labute approximate surface area is 192 Å². The minimum absolute atomic E-state index is 0.0557. The maximum absolute atomic E-state index is 12.9. The van der Waals surface area contributed by atoms with Crippen molar-refractivity contribution in [3.05, 3.63) is 77.4 Å². The molecule has 1 aliphatic carbocycles. The summed E-state index contributed by atoms with van der Waals surface area (Å²) >= 11 is 0. The van der Waals surface area contributed by atoms with E-state index in [0.29, 0.717) is 6.04 Å². The molecule has 0 heterocycles. The summed E-state index contributed by atoms with van der Waals surface area (Å²) in [5, 5.41) is 9.26. The van der Waals surface area contributed by atoms with Crippen LogP contribution in [0.1, 0.15) is 66.9 Å². The number of amides is 1. The van der Waals surface area contributed by atoms with Crippen molar-refractivity contribution in [1.82, 2.24) is 5.32 Å². The molecule has 1 saturated carbocycles. The normalized spacial score (nSPS) is 15.9. The number of rotatable bonds is 7. The highest BCUT2D eigenvalue weighted by molar-refractivity contribution is 6.10. The number of hydrogen-bond donors (Lipinski definition) is 2. The smallest absolute Gasteiger partial charge is 0.255 e. The number of hydrogen-bond acceptors (Lipinski definition) is 2. The van der Waals surface area contributed by atoms with Gasteiger partial charge in [0.15, 0.2) is 0 Å². The molecule has 3 aromatic carbocycles. The summed E-state index contributed by atoms with van der Waals surface area (Å²) in [6, 6.07) is 20.9. The van der Waals surface area contributed by atoms with Gasteiger partial charge >= 0.3 is 0 Å². The van der Waals surface area contributed by atoms with Gasteiger partial charge in [-0.05, 0) is 74.2 Å². The van der Waals surface area contributed by atoms with E-state index >= 15 is 0 Å². The van der Waals surface area contributed by atoms with E-state index < -0.39 is 0 Å². The standard InChI is InChI=1S/C29H36N2O/c1-21-11-7-8-14-25(21)29(32)31-28-18-17-24(26-15-9-10-16-27(26)28)19-20-30-22(2)23-12-5-3-4-6-13-23/h7-11,14-18,22-23,30H,3-6,12-13,19-20H2,1-2H3,(H,31,32). The summed E-state index contributed by atoms with van der Waals surface area (Å²) in [6.45, 7) is 5.31. The van der Waals surface area contributed by atoms with Crippen molar-refractivity contribution in [3.63, 3.8) is 0 Å². The van der Waals surface area contributed by atoms with Gasteiger partial charge < -0.3 is 10.6 Å². The van der Waals surface area contributed by atoms with E-state index in [1.54, 1.807) is 0 Å². The molecule has 0 aromatic heterocycles. The Bertz CT molecular complexity index is 1050. The maximum Gasteiger partial charge on any atom is 0.255 e. The van der Waals surface area contributed by atoms with Crippen molar-refractivity contribution >= 4 is 22.4 Å². The highest BCUT2D eigenvalue weighted by Crippen LogP contribution is 2.28. The van der Waals surface area contributed by atoms with Crippen molar-refractivity contribution in [2.45, 2.75) is 64.8 Å². The van der Waals surface area contributed by atoms with Crippen molar-refractivity contribution in [3.8, 4) is 0 Å². The molecule has 1 amide bonds. The third-order valence-electron chi connectivity index (χ3n) is 7.12. The number of nitrogens with one attached hydrogen (secondary N) is 2. The highest BCUT2D eigenvalue weighted by atomic mass is 16.1. The number of fused-ring (bicyclic) bond motifs is 1. The average Bonchev–Trinajstić information content (AvgIpc) is 3.10. The summed E-state index contributed by atoms with van der Waals surface area (Å²) in [5.74, 6) is 0.758. The molecule has 2 N–H and O–H groups in total. The van der Waals surface area contributed by atoms with Crippen molar-refractivity contribution in [1.29, 1.82) is 0 Å². The molecule has 4 rings (SSSR count). The summed E-state index contributed by atoms with van der Waals surface area (Å²) in [5.41, 5.74) is 3.91. The quantitative estimate of drug-likeness (QED) is 0.402. The summed E-state index contributed by atoms with van der Waals surface area (Å²) in [6.07, 6.45) is 9.31. The first-order valence-electron chi connectivity index (χ1n) is 12.2. The molecule has 1 unspecified atom stereocenters. The van der Waals surface area contributed by atoms with Crippen LogP contribution in [-0.4, -0.2) is 18.5 Å². The average molecular weight is 429 g/mol. The molecule has 3 heteroatoms. The molecule has 3 aromatic rings. The second kappa shape index (κ2) is 10.8. The number of carbonyl (C=O) groups is 1. The molecule has 1 atom stereocenters. The van der Waals surface area contributed by atoms with Crippen molar-refractivity contribution in [2.75, 3.05) is 11.9 Å². The summed E-state index contributed by atoms with van der Waals surface area (Å²) < 4.78 is 0. The molecule has 1 fully saturated rings. The van der Waals surface area contributed by atoms with E-state index in [1.807, 2.05) is 37.3 Å². The van der Waals surface area contributed by atoms with E-state index in [2.05, 4.69) is 47.9 Å². The molecule has 168 valence electrons. The minimum atomic E-state index is -0.0557. The topological polar surface area (TPSA) is 41.1 Å². The molecule has 0 bridgehead atoms. The Kier molecular flexibility index (Phi) is 7.59. The zero-order valence-electron chi connectivity index (χ0n) is 19.5. The fraction of sp³-hybridized carbons (Fsp3) is 0.414. The summed E-state index contributed by atoms with van der Waals surface area (Å²) in [7, 11) is 0. The molecule has 1 aliphatic rings. The van der Waals surface area contributed by atoms with Gasteiger partial charge in [-0.15, -0.1) is 0 Å². The van der Waals surface area contributed by atoms with Gasteiger partial charge in [-0.3, -0.25) is 4.79 Å². The lowest BCUT2D eigenvalue weighted by Crippen LogP contribution is -2.34. The number of benzene rings is 3. The first-order valence-corrected chi connectivity index (χ1v) is 12.2. The number of carbonyl (C=O) groups excluding carboxylic acids is 1. The van der Waals surface area contributed by atoms with E-state index in [4.69, 9.17) is 0 Å². The third-order valence-corrected chi connectivity index (χ3v) is 7.12. The van der Waals surface area contributed by atoms with Crippen LogP contribution in [-0.2, 0) is 6.42 Å². The third kappa shape index (κ3) is 5.39. The van der Waals surface area contributed by atoms with Crippen LogP contribution in [0.4, 0.5) is 5.69 Å². The lowest BCUT2D eigenvalue weighted by atomic mass is 9.93. The van der Waals surface area contributed by atoms with Crippen LogP contribution in [0.2, 0.25) is 0 Å². The SMILES string of the molecule is Cc1ccccc1C(=O)Nc1ccc(CCNC(C)C2CCCCCC2)c2ccccc12. The molecule has 0 aliphatic heterocycles. The highest BCUT2D eigenvalue weighted by Gasteiger charge is 2.18. The monoisotopic (exact) mass is 428 g/mol. The molecular formula is C29H36N2O. The Morgan fingerprint density at radius 3 is 2.34 bits per heavy atom. The maximum atomic E-state index is 12.9. The molecule has 0 spiro atoms. The predicted octanol–water partition coefficient (Wildman–Crippen LogP) is 6.89. The number of anilines is 1. The second-order valence-corrected chi connectivity index (χ2v) is 9.33. The van der Waals surface area contributed by atoms with Gasteiger partial charge in [-0.25, -0.2) is 0 Å². The first-order chi connectivity index (χ1) is 15.6. The zero-order valence-corrected chi connectivity index (χ0v) is 19.5. The molecule has 0 radical (unpaired) electrons. The van der Waals surface area contributed by atoms with Gasteiger partial charge in [0.05, 0.1) is 0 Å². The van der Waals surface area contributed by atoms with Crippen LogP contribution in [0, 0.1) is 12.8 Å². The lowest BCUT2D eigenvalue weighted by Gasteiger charge is -2.24. The molecule has 3 nitrogen and oxygen atoms in total. The van der Waals surface area contributed by atoms with Crippen LogP contribution in [0.3, 0.4) is 0 Å². The van der Waals surface area contributed by atoms with E-state index in [0.717, 1.165) is 41.1 Å². The van der Waals surface area contributed by atoms with E-state index in [-0.39, 0.29) is 5.91 Å². The lowest BCUT2D eigenvalue weighted by molar-refractivity contribution is 0.102. The van der Waals surface area contributed by atoms with Crippen LogP contribution in [0.25, 0.3) is 10.8 Å². The Morgan fingerprint density at radius 1 is 0.906 bits per heavy atom. The fourth-order valence-electron chi connectivity index (χ4n) is 5.12. The molecular weight excluding hydrogens is 392 g/mol. The zero-order chi connectivity index (χ0) is 22.3. The Hall–Kier alpha value is -2.65. The van der Waals surface area contributed by atoms with Gasteiger partial charge in [-0.2, -0.15) is 0 Å². The van der Waals surface area contributed by atoms with Gasteiger partial charge in [-0.1, -0.05) is 74.2 Å². The largest absolute Gasteiger partial charge is 0.321 e. The van der Waals surface area contributed by atoms with E-state index in [9.17, 15) is 4.79 Å². The van der Waals surface area contributed by atoms with Crippen molar-refractivity contribution in [2.24, 2.45) is 5.92 Å². The number of aryl methyl sites for hydroxylation is 1. The predicted molar refractivity (Wildman–Crippen MR) is 135 cm³/mol. The van der Waals surface area contributed by atoms with Gasteiger partial charge in [0.1, 0.15) is 0 Å². The fourth-order valence-corrected chi connectivity index (χ4v) is 5.12. The van der Waals surface area contributed by atoms with E-state index in [1.165, 1.54) is 49.5 Å². The van der Waals surface area contributed by atoms with Crippen LogP contribution >= 0.6 is 0 Å². The van der Waals surface area contributed by atoms with Crippen LogP contribution in [0.15, 0.2) is 60.7 Å². The van der Waals surface area contributed by atoms with Crippen molar-refractivity contribution < 1.29 is 4.79 Å². The minimum Gasteiger partial charge on any atom is -0.321 e. The van der Waals surface area contributed by atoms with Crippen LogP contribution < -0.4 is 10.6 Å². The second-order valence-electron chi connectivity index (χ2n) is 9.33. The Morgan fingerprint density at radius 2 is 1.59 bits per heavy atom. The first kappa shape index (κ1) is 22.5. The van der Waals surface area contributed by atoms with Gasteiger partial charge in [0, 0.05) is 22.7 Å². The van der Waals surface area contributed by atoms with Gasteiger partial charge in [0.25, 0.3) is 5.91 Å².